The molecule has 0 unspecified atom stereocenters. The van der Waals surface area contributed by atoms with Crippen molar-refractivity contribution in [1.29, 1.82) is 0 Å². The van der Waals surface area contributed by atoms with Gasteiger partial charge in [-0.1, -0.05) is 30.3 Å². The van der Waals surface area contributed by atoms with Gasteiger partial charge in [-0.2, -0.15) is 0 Å². The zero-order chi connectivity index (χ0) is 18.9. The SMILES string of the molecule is COc1ccc(CNC(=O)C(=O)NCc2ccccc2OC(C)C)cc1. The number of nitrogens with one attached hydrogen (secondary N) is 2. The maximum atomic E-state index is 12.0. The first-order valence-corrected chi connectivity index (χ1v) is 8.43. The number of rotatable bonds is 7. The zero-order valence-corrected chi connectivity index (χ0v) is 15.2. The first-order chi connectivity index (χ1) is 12.5. The highest BCUT2D eigenvalue weighted by Crippen LogP contribution is 2.19. The third-order valence-corrected chi connectivity index (χ3v) is 3.59. The van der Waals surface area contributed by atoms with Crippen LogP contribution in [0.4, 0.5) is 0 Å². The molecule has 0 fully saturated rings. The fraction of sp³-hybridized carbons (Fsp3) is 0.300. The van der Waals surface area contributed by atoms with Crippen LogP contribution < -0.4 is 20.1 Å². The molecule has 2 rings (SSSR count). The summed E-state index contributed by atoms with van der Waals surface area (Å²) in [5.41, 5.74) is 1.69. The lowest BCUT2D eigenvalue weighted by Crippen LogP contribution is -2.39. The van der Waals surface area contributed by atoms with E-state index in [1.807, 2.05) is 50.2 Å². The number of carbonyl (C=O) groups is 2. The van der Waals surface area contributed by atoms with Crippen LogP contribution in [-0.4, -0.2) is 25.0 Å². The van der Waals surface area contributed by atoms with E-state index in [9.17, 15) is 9.59 Å². The summed E-state index contributed by atoms with van der Waals surface area (Å²) >= 11 is 0. The van der Waals surface area contributed by atoms with Gasteiger partial charge in [0.05, 0.1) is 13.2 Å². The van der Waals surface area contributed by atoms with E-state index in [2.05, 4.69) is 10.6 Å². The van der Waals surface area contributed by atoms with Crippen molar-refractivity contribution in [2.45, 2.75) is 33.0 Å². The molecule has 6 heteroatoms. The molecule has 0 aliphatic rings. The lowest BCUT2D eigenvalue weighted by molar-refractivity contribution is -0.139. The van der Waals surface area contributed by atoms with Gasteiger partial charge in [-0.25, -0.2) is 0 Å². The van der Waals surface area contributed by atoms with Crippen molar-refractivity contribution in [3.63, 3.8) is 0 Å². The molecule has 0 bridgehead atoms. The van der Waals surface area contributed by atoms with E-state index in [4.69, 9.17) is 9.47 Å². The number of carbonyl (C=O) groups excluding carboxylic acids is 2. The van der Waals surface area contributed by atoms with E-state index in [1.54, 1.807) is 19.2 Å². The van der Waals surface area contributed by atoms with E-state index in [0.717, 1.165) is 16.9 Å². The molecule has 0 saturated carbocycles. The normalized spacial score (nSPS) is 10.3. The summed E-state index contributed by atoms with van der Waals surface area (Å²) in [6.45, 7) is 4.35. The van der Waals surface area contributed by atoms with Crippen molar-refractivity contribution in [2.24, 2.45) is 0 Å². The number of hydrogen-bond acceptors (Lipinski definition) is 4. The van der Waals surface area contributed by atoms with Gasteiger partial charge in [0.1, 0.15) is 11.5 Å². The first-order valence-electron chi connectivity index (χ1n) is 8.43. The molecule has 0 spiro atoms. The van der Waals surface area contributed by atoms with Crippen molar-refractivity contribution >= 4 is 11.8 Å². The molecule has 138 valence electrons. The summed E-state index contributed by atoms with van der Waals surface area (Å²) in [6.07, 6.45) is 0.0275. The van der Waals surface area contributed by atoms with Gasteiger partial charge in [-0.15, -0.1) is 0 Å². The minimum absolute atomic E-state index is 0.0275. The molecule has 2 aromatic carbocycles. The maximum absolute atomic E-state index is 12.0. The average Bonchev–Trinajstić information content (AvgIpc) is 2.65. The summed E-state index contributed by atoms with van der Waals surface area (Å²) in [4.78, 5) is 23.9. The molecule has 26 heavy (non-hydrogen) atoms. The van der Waals surface area contributed by atoms with Crippen molar-refractivity contribution in [3.8, 4) is 11.5 Å². The van der Waals surface area contributed by atoms with Crippen LogP contribution in [0.5, 0.6) is 11.5 Å². The Kier molecular flexibility index (Phi) is 7.02. The minimum atomic E-state index is -0.683. The Morgan fingerprint density at radius 3 is 2.15 bits per heavy atom. The highest BCUT2D eigenvalue weighted by atomic mass is 16.5. The van der Waals surface area contributed by atoms with Gasteiger partial charge < -0.3 is 20.1 Å². The number of amides is 2. The number of methoxy groups -OCH3 is 1. The fourth-order valence-electron chi connectivity index (χ4n) is 2.28. The Hall–Kier alpha value is -3.02. The highest BCUT2D eigenvalue weighted by molar-refractivity contribution is 6.35. The topological polar surface area (TPSA) is 76.7 Å². The Morgan fingerprint density at radius 2 is 1.54 bits per heavy atom. The molecule has 2 amide bonds. The van der Waals surface area contributed by atoms with E-state index in [1.165, 1.54) is 0 Å². The predicted octanol–water partition coefficient (Wildman–Crippen LogP) is 2.42. The molecule has 2 aromatic rings. The van der Waals surface area contributed by atoms with E-state index >= 15 is 0 Å². The summed E-state index contributed by atoms with van der Waals surface area (Å²) in [6, 6.07) is 14.7. The first kappa shape index (κ1) is 19.3. The monoisotopic (exact) mass is 356 g/mol. The van der Waals surface area contributed by atoms with Gasteiger partial charge in [0.2, 0.25) is 0 Å². The summed E-state index contributed by atoms with van der Waals surface area (Å²) in [5.74, 6) is 0.0717. The van der Waals surface area contributed by atoms with Gasteiger partial charge in [0.15, 0.2) is 0 Å². The molecule has 0 radical (unpaired) electrons. The summed E-state index contributed by atoms with van der Waals surface area (Å²) in [7, 11) is 1.59. The van der Waals surface area contributed by atoms with Gasteiger partial charge in [-0.3, -0.25) is 9.59 Å². The molecule has 0 heterocycles. The van der Waals surface area contributed by atoms with E-state index < -0.39 is 11.8 Å². The fourth-order valence-corrected chi connectivity index (χ4v) is 2.28. The van der Waals surface area contributed by atoms with Crippen molar-refractivity contribution in [3.05, 3.63) is 59.7 Å². The molecule has 0 aliphatic carbocycles. The van der Waals surface area contributed by atoms with Crippen molar-refractivity contribution in [2.75, 3.05) is 7.11 Å². The Bertz CT molecular complexity index is 742. The molecule has 2 N–H and O–H groups in total. The lowest BCUT2D eigenvalue weighted by Gasteiger charge is -2.14. The van der Waals surface area contributed by atoms with Gasteiger partial charge >= 0.3 is 11.8 Å². The second-order valence-electron chi connectivity index (χ2n) is 5.99. The van der Waals surface area contributed by atoms with Gasteiger partial charge in [0, 0.05) is 18.7 Å². The Labute approximate surface area is 153 Å². The second-order valence-corrected chi connectivity index (χ2v) is 5.99. The zero-order valence-electron chi connectivity index (χ0n) is 15.2. The van der Waals surface area contributed by atoms with Crippen molar-refractivity contribution < 1.29 is 19.1 Å². The predicted molar refractivity (Wildman–Crippen MR) is 98.9 cm³/mol. The van der Waals surface area contributed by atoms with Crippen LogP contribution in [0.2, 0.25) is 0 Å². The van der Waals surface area contributed by atoms with Crippen LogP contribution in [0.15, 0.2) is 48.5 Å². The standard InChI is InChI=1S/C20H24N2O4/c1-14(2)26-18-7-5-4-6-16(18)13-22-20(24)19(23)21-12-15-8-10-17(25-3)11-9-15/h4-11,14H,12-13H2,1-3H3,(H,21,23)(H,22,24). The molecular formula is C20H24N2O4. The quantitative estimate of drug-likeness (QED) is 0.747. The van der Waals surface area contributed by atoms with E-state index in [0.29, 0.717) is 5.75 Å². The number of ether oxygens (including phenoxy) is 2. The van der Waals surface area contributed by atoms with Crippen LogP contribution in [0.25, 0.3) is 0 Å². The maximum Gasteiger partial charge on any atom is 0.309 e. The molecule has 0 saturated heterocycles. The van der Waals surface area contributed by atoms with Crippen LogP contribution >= 0.6 is 0 Å². The largest absolute Gasteiger partial charge is 0.497 e. The number of benzene rings is 2. The lowest BCUT2D eigenvalue weighted by atomic mass is 10.2. The van der Waals surface area contributed by atoms with Crippen LogP contribution in [-0.2, 0) is 22.7 Å². The number of para-hydroxylation sites is 1. The summed E-state index contributed by atoms with van der Waals surface area (Å²) in [5, 5.41) is 5.21. The smallest absolute Gasteiger partial charge is 0.309 e. The third kappa shape index (κ3) is 5.81. The Morgan fingerprint density at radius 1 is 0.923 bits per heavy atom. The van der Waals surface area contributed by atoms with E-state index in [-0.39, 0.29) is 19.2 Å². The van der Waals surface area contributed by atoms with Gasteiger partial charge in [-0.05, 0) is 37.6 Å². The number of hydrogen-bond donors (Lipinski definition) is 2. The third-order valence-electron chi connectivity index (χ3n) is 3.59. The average molecular weight is 356 g/mol. The molecule has 6 nitrogen and oxygen atoms in total. The molecule has 0 aromatic heterocycles. The molecule has 0 atom stereocenters. The van der Waals surface area contributed by atoms with Gasteiger partial charge in [0.25, 0.3) is 0 Å². The van der Waals surface area contributed by atoms with Crippen LogP contribution in [0.3, 0.4) is 0 Å². The summed E-state index contributed by atoms with van der Waals surface area (Å²) < 4.78 is 10.8. The van der Waals surface area contributed by atoms with Crippen LogP contribution in [0.1, 0.15) is 25.0 Å². The van der Waals surface area contributed by atoms with Crippen LogP contribution in [0, 0.1) is 0 Å². The van der Waals surface area contributed by atoms with Crippen molar-refractivity contribution in [1.82, 2.24) is 10.6 Å². The highest BCUT2D eigenvalue weighted by Gasteiger charge is 2.14. The second kappa shape index (κ2) is 9.46. The molecular weight excluding hydrogens is 332 g/mol. The molecule has 0 aliphatic heterocycles. The minimum Gasteiger partial charge on any atom is -0.497 e. The Balaban J connectivity index is 1.84.